The molecule has 0 unspecified atom stereocenters. The average molecular weight is 520 g/mol. The summed E-state index contributed by atoms with van der Waals surface area (Å²) in [5.74, 6) is -2.75. The van der Waals surface area contributed by atoms with Crippen LogP contribution in [0.5, 0.6) is 0 Å². The first kappa shape index (κ1) is 23.4. The van der Waals surface area contributed by atoms with Gasteiger partial charge in [0.25, 0.3) is 0 Å². The fourth-order valence-corrected chi connectivity index (χ4v) is 6.62. The third-order valence-corrected chi connectivity index (χ3v) is 8.89. The topological polar surface area (TPSA) is 135 Å². The summed E-state index contributed by atoms with van der Waals surface area (Å²) in [6.45, 7) is -0.346. The van der Waals surface area contributed by atoms with Gasteiger partial charge < -0.3 is 10.0 Å². The van der Waals surface area contributed by atoms with E-state index in [1.807, 2.05) is 0 Å². The normalized spacial score (nSPS) is 21.1. The predicted molar refractivity (Wildman–Crippen MR) is 120 cm³/mol. The Bertz CT molecular complexity index is 1430. The molecule has 2 fully saturated rings. The predicted octanol–water partition coefficient (Wildman–Crippen LogP) is 2.01. The van der Waals surface area contributed by atoms with Gasteiger partial charge in [0.15, 0.2) is 9.84 Å². The lowest BCUT2D eigenvalue weighted by atomic mass is 9.98. The number of pyridine rings is 1. The van der Waals surface area contributed by atoms with Crippen LogP contribution in [0.2, 0.25) is 5.02 Å². The SMILES string of the molecule is O=C(O)[C@@H]1C[C@@H](S(=O)(=O)c2ccccc2-n2ccnn2)CN1C(=O)C1(c2ncc(Cl)cc2F)CC1. The van der Waals surface area contributed by atoms with E-state index < -0.39 is 44.2 Å². The minimum atomic E-state index is -4.08. The number of carboxylic acids is 1. The van der Waals surface area contributed by atoms with E-state index >= 15 is 0 Å². The standard InChI is InChI=1S/C22H19ClFN5O5S/c23-13-9-15(24)19(25-11-13)22(5-6-22)21(32)28-12-14(10-17(28)20(30)31)35(33,34)18-4-2-1-3-16(18)29-8-7-26-27-29/h1-4,7-9,11,14,17H,5-6,10,12H2,(H,30,31)/t14-,17+/m1/s1. The maximum absolute atomic E-state index is 14.6. The van der Waals surface area contributed by atoms with Crippen molar-refractivity contribution in [3.63, 3.8) is 0 Å². The van der Waals surface area contributed by atoms with Crippen LogP contribution in [0.15, 0.2) is 53.8 Å². The zero-order valence-electron chi connectivity index (χ0n) is 18.1. The fourth-order valence-electron chi connectivity index (χ4n) is 4.60. The van der Waals surface area contributed by atoms with E-state index in [9.17, 15) is 27.5 Å². The van der Waals surface area contributed by atoms with Crippen LogP contribution in [0.3, 0.4) is 0 Å². The Morgan fingerprint density at radius 1 is 1.23 bits per heavy atom. The summed E-state index contributed by atoms with van der Waals surface area (Å²) in [6.07, 6.45) is 4.35. The Morgan fingerprint density at radius 2 is 1.97 bits per heavy atom. The molecule has 1 aliphatic heterocycles. The number of benzene rings is 1. The van der Waals surface area contributed by atoms with Gasteiger partial charge in [-0.15, -0.1) is 5.10 Å². The van der Waals surface area contributed by atoms with Gasteiger partial charge in [-0.3, -0.25) is 9.78 Å². The highest BCUT2D eigenvalue weighted by Crippen LogP contribution is 2.51. The molecule has 5 rings (SSSR count). The number of halogens is 2. The van der Waals surface area contributed by atoms with Crippen molar-refractivity contribution in [1.29, 1.82) is 0 Å². The molecule has 1 N–H and O–H groups in total. The molecule has 3 heterocycles. The number of hydrogen-bond donors (Lipinski definition) is 1. The molecular weight excluding hydrogens is 501 g/mol. The van der Waals surface area contributed by atoms with Crippen molar-refractivity contribution in [3.05, 3.63) is 65.5 Å². The Morgan fingerprint density at radius 3 is 2.60 bits per heavy atom. The Labute approximate surface area is 204 Å². The molecule has 1 saturated carbocycles. The maximum Gasteiger partial charge on any atom is 0.326 e. The van der Waals surface area contributed by atoms with Gasteiger partial charge in [-0.2, -0.15) is 0 Å². The quantitative estimate of drug-likeness (QED) is 0.522. The monoisotopic (exact) mass is 519 g/mol. The second-order valence-electron chi connectivity index (χ2n) is 8.60. The summed E-state index contributed by atoms with van der Waals surface area (Å²) in [7, 11) is -4.08. The van der Waals surface area contributed by atoms with E-state index in [1.54, 1.807) is 18.2 Å². The Balaban J connectivity index is 1.49. The molecule has 182 valence electrons. The third-order valence-electron chi connectivity index (χ3n) is 6.51. The minimum Gasteiger partial charge on any atom is -0.480 e. The fraction of sp³-hybridized carbons (Fsp3) is 0.318. The number of carbonyl (C=O) groups excluding carboxylic acids is 1. The van der Waals surface area contributed by atoms with Crippen LogP contribution in [0.1, 0.15) is 25.0 Å². The molecule has 2 atom stereocenters. The number of rotatable bonds is 6. The van der Waals surface area contributed by atoms with Crippen LogP contribution in [0.25, 0.3) is 5.69 Å². The summed E-state index contributed by atoms with van der Waals surface area (Å²) < 4.78 is 43.2. The summed E-state index contributed by atoms with van der Waals surface area (Å²) >= 11 is 5.78. The lowest BCUT2D eigenvalue weighted by Gasteiger charge is -2.26. The van der Waals surface area contributed by atoms with Gasteiger partial charge in [-0.05, 0) is 37.5 Å². The largest absolute Gasteiger partial charge is 0.480 e. The van der Waals surface area contributed by atoms with Gasteiger partial charge in [0.1, 0.15) is 11.9 Å². The van der Waals surface area contributed by atoms with E-state index in [2.05, 4.69) is 15.3 Å². The van der Waals surface area contributed by atoms with Crippen LogP contribution in [-0.2, 0) is 24.8 Å². The zero-order chi connectivity index (χ0) is 25.0. The van der Waals surface area contributed by atoms with Crippen LogP contribution in [-0.4, -0.2) is 68.1 Å². The van der Waals surface area contributed by atoms with Crippen molar-refractivity contribution in [3.8, 4) is 5.69 Å². The molecule has 2 aromatic heterocycles. The van der Waals surface area contributed by atoms with Crippen molar-refractivity contribution in [2.75, 3.05) is 6.54 Å². The molecule has 2 aliphatic rings. The van der Waals surface area contributed by atoms with Crippen LogP contribution in [0.4, 0.5) is 4.39 Å². The molecule has 0 radical (unpaired) electrons. The van der Waals surface area contributed by atoms with E-state index in [-0.39, 0.29) is 47.1 Å². The van der Waals surface area contributed by atoms with E-state index in [0.717, 1.165) is 11.0 Å². The second kappa shape index (κ2) is 8.38. The van der Waals surface area contributed by atoms with E-state index in [1.165, 1.54) is 29.3 Å². The molecule has 3 aromatic rings. The van der Waals surface area contributed by atoms with Crippen LogP contribution < -0.4 is 0 Å². The first-order valence-electron chi connectivity index (χ1n) is 10.7. The summed E-state index contributed by atoms with van der Waals surface area (Å²) in [6, 6.07) is 5.82. The zero-order valence-corrected chi connectivity index (χ0v) is 19.7. The second-order valence-corrected chi connectivity index (χ2v) is 11.2. The third kappa shape index (κ3) is 3.86. The van der Waals surface area contributed by atoms with Gasteiger partial charge in [0.2, 0.25) is 5.91 Å². The number of nitrogens with zero attached hydrogens (tertiary/aromatic N) is 5. The lowest BCUT2D eigenvalue weighted by Crippen LogP contribution is -2.46. The molecule has 1 amide bonds. The van der Waals surface area contributed by atoms with E-state index in [4.69, 9.17) is 11.6 Å². The molecule has 0 spiro atoms. The molecule has 0 bridgehead atoms. The minimum absolute atomic E-state index is 0.0551. The number of likely N-dealkylation sites (tertiary alicyclic amines) is 1. The van der Waals surface area contributed by atoms with Crippen molar-refractivity contribution >= 4 is 33.3 Å². The molecule has 1 saturated heterocycles. The summed E-state index contributed by atoms with van der Waals surface area (Å²) in [5.41, 5.74) is -1.19. The van der Waals surface area contributed by atoms with Crippen LogP contribution >= 0.6 is 11.6 Å². The molecule has 35 heavy (non-hydrogen) atoms. The van der Waals surface area contributed by atoms with Crippen molar-refractivity contribution < 1.29 is 27.5 Å². The van der Waals surface area contributed by atoms with Gasteiger partial charge in [0, 0.05) is 12.7 Å². The van der Waals surface area contributed by atoms with Gasteiger partial charge in [-0.1, -0.05) is 28.9 Å². The molecule has 13 heteroatoms. The number of aliphatic carboxylic acids is 1. The van der Waals surface area contributed by atoms with E-state index in [0.29, 0.717) is 0 Å². The lowest BCUT2D eigenvalue weighted by molar-refractivity contribution is -0.149. The van der Waals surface area contributed by atoms with Crippen molar-refractivity contribution in [2.24, 2.45) is 0 Å². The summed E-state index contributed by atoms with van der Waals surface area (Å²) in [4.78, 5) is 30.6. The number of hydrogen-bond acceptors (Lipinski definition) is 7. The highest BCUT2D eigenvalue weighted by Gasteiger charge is 2.59. The number of amides is 1. The number of aromatic nitrogens is 4. The average Bonchev–Trinajstić information content (AvgIpc) is 3.23. The first-order chi connectivity index (χ1) is 16.6. The van der Waals surface area contributed by atoms with Crippen molar-refractivity contribution in [2.45, 2.75) is 40.9 Å². The first-order valence-corrected chi connectivity index (χ1v) is 12.6. The highest BCUT2D eigenvalue weighted by molar-refractivity contribution is 7.92. The molecule has 1 aliphatic carbocycles. The van der Waals surface area contributed by atoms with Crippen LogP contribution in [0, 0.1) is 5.82 Å². The maximum atomic E-state index is 14.6. The Hall–Kier alpha value is -3.38. The van der Waals surface area contributed by atoms with Crippen molar-refractivity contribution in [1.82, 2.24) is 24.9 Å². The smallest absolute Gasteiger partial charge is 0.326 e. The van der Waals surface area contributed by atoms with Gasteiger partial charge in [-0.25, -0.2) is 22.3 Å². The number of carboxylic acid groups (broad SMARTS) is 1. The molecule has 1 aromatic carbocycles. The Kier molecular flexibility index (Phi) is 5.59. The highest BCUT2D eigenvalue weighted by atomic mass is 35.5. The number of carbonyl (C=O) groups is 2. The molecular formula is C22H19ClFN5O5S. The summed E-state index contributed by atoms with van der Waals surface area (Å²) in [5, 5.41) is 16.3. The number of para-hydroxylation sites is 1. The molecule has 10 nitrogen and oxygen atoms in total. The van der Waals surface area contributed by atoms with Gasteiger partial charge >= 0.3 is 5.97 Å². The van der Waals surface area contributed by atoms with Gasteiger partial charge in [0.05, 0.1) is 44.4 Å². The number of sulfone groups is 1.